The van der Waals surface area contributed by atoms with E-state index in [1.807, 2.05) is 37.3 Å². The highest BCUT2D eigenvalue weighted by atomic mass is 35.5. The van der Waals surface area contributed by atoms with Crippen molar-refractivity contribution < 1.29 is 0 Å². The van der Waals surface area contributed by atoms with Crippen molar-refractivity contribution in [2.24, 2.45) is 9.98 Å². The maximum Gasteiger partial charge on any atom is 0.122 e. The van der Waals surface area contributed by atoms with Crippen LogP contribution in [0.25, 0.3) is 10.9 Å². The molecule has 0 unspecified atom stereocenters. The fourth-order valence-electron chi connectivity index (χ4n) is 2.97. The van der Waals surface area contributed by atoms with E-state index in [1.54, 1.807) is 12.5 Å². The van der Waals surface area contributed by atoms with Crippen LogP contribution in [0.1, 0.15) is 26.2 Å². The van der Waals surface area contributed by atoms with E-state index in [2.05, 4.69) is 25.9 Å². The van der Waals surface area contributed by atoms with E-state index in [4.69, 9.17) is 16.6 Å². The molecule has 148 valence electrons. The molecule has 0 atom stereocenters. The number of pyridine rings is 1. The summed E-state index contributed by atoms with van der Waals surface area (Å²) < 4.78 is 0. The Morgan fingerprint density at radius 3 is 2.86 bits per heavy atom. The van der Waals surface area contributed by atoms with Crippen molar-refractivity contribution in [3.63, 3.8) is 0 Å². The topological polar surface area (TPSA) is 73.7 Å². The van der Waals surface area contributed by atoms with Crippen molar-refractivity contribution in [3.05, 3.63) is 47.3 Å². The van der Waals surface area contributed by atoms with Gasteiger partial charge in [0, 0.05) is 54.2 Å². The second-order valence-corrected chi connectivity index (χ2v) is 7.14. The number of benzene rings is 1. The monoisotopic (exact) mass is 398 g/mol. The zero-order chi connectivity index (χ0) is 19.6. The largest absolute Gasteiger partial charge is 0.383 e. The number of fused-ring (bicyclic) bond motifs is 1. The number of aromatic nitrogens is 1. The zero-order valence-electron chi connectivity index (χ0n) is 16.2. The summed E-state index contributed by atoms with van der Waals surface area (Å²) >= 11 is 6.06. The second kappa shape index (κ2) is 10.7. The third kappa shape index (κ3) is 6.23. The molecular weight excluding hydrogens is 372 g/mol. The first-order valence-electron chi connectivity index (χ1n) is 9.72. The van der Waals surface area contributed by atoms with Gasteiger partial charge in [0.05, 0.1) is 11.9 Å². The van der Waals surface area contributed by atoms with Gasteiger partial charge in [0.25, 0.3) is 0 Å². The van der Waals surface area contributed by atoms with Gasteiger partial charge in [-0.15, -0.1) is 0 Å². The molecule has 1 aromatic carbocycles. The van der Waals surface area contributed by atoms with E-state index in [-0.39, 0.29) is 0 Å². The zero-order valence-corrected chi connectivity index (χ0v) is 17.0. The molecule has 0 spiro atoms. The van der Waals surface area contributed by atoms with E-state index in [0.29, 0.717) is 5.02 Å². The minimum absolute atomic E-state index is 0.695. The standard InChI is InChI=1S/C21H27ClN6/c1-16-13-21(26-9-4-2-3-8-23-15-28-16)27-12-11-25-19-7-10-24-20-14-17(22)5-6-18(19)20/h5-7,10,13-15H,2-4,8-9,11-12H2,1H3,(H,23,28)(H,24,25)(H,26,27). The molecule has 28 heavy (non-hydrogen) atoms. The van der Waals surface area contributed by atoms with Crippen LogP contribution in [-0.2, 0) is 0 Å². The molecule has 0 saturated heterocycles. The molecule has 1 aliphatic heterocycles. The fourth-order valence-corrected chi connectivity index (χ4v) is 3.13. The van der Waals surface area contributed by atoms with Gasteiger partial charge < -0.3 is 16.0 Å². The van der Waals surface area contributed by atoms with Gasteiger partial charge in [-0.2, -0.15) is 0 Å². The quantitative estimate of drug-likeness (QED) is 0.680. The Morgan fingerprint density at radius 2 is 1.93 bits per heavy atom. The van der Waals surface area contributed by atoms with Crippen LogP contribution >= 0.6 is 11.6 Å². The van der Waals surface area contributed by atoms with Crippen LogP contribution in [0.3, 0.4) is 0 Å². The highest BCUT2D eigenvalue weighted by Gasteiger charge is 2.03. The molecule has 0 amide bonds. The predicted molar refractivity (Wildman–Crippen MR) is 120 cm³/mol. The van der Waals surface area contributed by atoms with Gasteiger partial charge in [-0.1, -0.05) is 11.6 Å². The summed E-state index contributed by atoms with van der Waals surface area (Å²) in [7, 11) is 0. The maximum atomic E-state index is 6.06. The molecule has 1 aromatic heterocycles. The number of allylic oxidation sites excluding steroid dienone is 1. The van der Waals surface area contributed by atoms with E-state index in [9.17, 15) is 0 Å². The molecule has 0 saturated carbocycles. The number of amidine groups is 1. The lowest BCUT2D eigenvalue weighted by atomic mass is 10.2. The molecule has 1 aliphatic rings. The lowest BCUT2D eigenvalue weighted by Gasteiger charge is -2.12. The molecule has 2 heterocycles. The molecule has 0 fully saturated rings. The van der Waals surface area contributed by atoms with E-state index in [0.717, 1.165) is 73.6 Å². The molecule has 3 N–H and O–H groups in total. The molecule has 0 bridgehead atoms. The number of hydrogen-bond acceptors (Lipinski definition) is 6. The average molecular weight is 399 g/mol. The normalized spacial score (nSPS) is 15.6. The van der Waals surface area contributed by atoms with Crippen molar-refractivity contribution in [2.45, 2.75) is 26.2 Å². The Labute approximate surface area is 171 Å². The third-order valence-corrected chi connectivity index (χ3v) is 4.65. The average Bonchev–Trinajstić information content (AvgIpc) is 2.68. The maximum absolute atomic E-state index is 6.06. The van der Waals surface area contributed by atoms with E-state index in [1.165, 1.54) is 0 Å². The van der Waals surface area contributed by atoms with Crippen molar-refractivity contribution in [3.8, 4) is 0 Å². The van der Waals surface area contributed by atoms with Crippen LogP contribution in [0, 0.1) is 0 Å². The first kappa shape index (κ1) is 20.1. The summed E-state index contributed by atoms with van der Waals surface area (Å²) in [6.07, 6.45) is 8.94. The Kier molecular flexibility index (Phi) is 7.67. The Hall–Kier alpha value is -2.60. The van der Waals surface area contributed by atoms with Crippen molar-refractivity contribution in [2.75, 3.05) is 31.5 Å². The molecule has 7 heteroatoms. The summed E-state index contributed by atoms with van der Waals surface area (Å²) in [5.41, 5.74) is 2.95. The predicted octanol–water partition coefficient (Wildman–Crippen LogP) is 3.99. The number of anilines is 1. The Balaban J connectivity index is 1.57. The van der Waals surface area contributed by atoms with Crippen molar-refractivity contribution in [1.29, 1.82) is 0 Å². The smallest absolute Gasteiger partial charge is 0.122 e. The van der Waals surface area contributed by atoms with Crippen LogP contribution in [0.4, 0.5) is 5.69 Å². The summed E-state index contributed by atoms with van der Waals surface area (Å²) in [4.78, 5) is 13.4. The van der Waals surface area contributed by atoms with Gasteiger partial charge >= 0.3 is 0 Å². The van der Waals surface area contributed by atoms with Gasteiger partial charge in [0.15, 0.2) is 0 Å². The van der Waals surface area contributed by atoms with Crippen molar-refractivity contribution >= 4 is 40.4 Å². The lowest BCUT2D eigenvalue weighted by Crippen LogP contribution is -2.29. The summed E-state index contributed by atoms with van der Waals surface area (Å²) in [6.45, 7) is 5.24. The summed E-state index contributed by atoms with van der Waals surface area (Å²) in [5.74, 6) is 0.896. The van der Waals surface area contributed by atoms with Gasteiger partial charge in [-0.3, -0.25) is 15.0 Å². The number of hydrogen-bond donors (Lipinski definition) is 3. The number of nitrogens with zero attached hydrogens (tertiary/aromatic N) is 3. The molecular formula is C21H27ClN6. The highest BCUT2D eigenvalue weighted by molar-refractivity contribution is 6.31. The van der Waals surface area contributed by atoms with Crippen LogP contribution in [0.5, 0.6) is 0 Å². The van der Waals surface area contributed by atoms with Crippen molar-refractivity contribution in [1.82, 2.24) is 15.6 Å². The Morgan fingerprint density at radius 1 is 1.07 bits per heavy atom. The van der Waals surface area contributed by atoms with E-state index < -0.39 is 0 Å². The molecule has 0 radical (unpaired) electrons. The number of aliphatic imine (C=N–C) groups is 2. The number of rotatable bonds is 4. The van der Waals surface area contributed by atoms with Gasteiger partial charge in [0.1, 0.15) is 5.84 Å². The third-order valence-electron chi connectivity index (χ3n) is 4.42. The van der Waals surface area contributed by atoms with Gasteiger partial charge in [-0.25, -0.2) is 0 Å². The molecule has 2 aromatic rings. The lowest BCUT2D eigenvalue weighted by molar-refractivity contribution is 0.694. The summed E-state index contributed by atoms with van der Waals surface area (Å²) in [5, 5.41) is 11.8. The first-order chi connectivity index (χ1) is 13.7. The number of nitrogens with one attached hydrogen (secondary N) is 3. The second-order valence-electron chi connectivity index (χ2n) is 6.71. The van der Waals surface area contributed by atoms with Gasteiger partial charge in [0.2, 0.25) is 0 Å². The van der Waals surface area contributed by atoms with Crippen LogP contribution < -0.4 is 16.0 Å². The minimum Gasteiger partial charge on any atom is -0.383 e. The minimum atomic E-state index is 0.695. The van der Waals surface area contributed by atoms with E-state index >= 15 is 0 Å². The number of halogens is 1. The van der Waals surface area contributed by atoms with Crippen LogP contribution in [0.15, 0.2) is 52.2 Å². The Bertz CT molecular complexity index is 874. The SMILES string of the molecule is CC1=CC(NCCNc2ccnc3cc(Cl)ccc23)=NCCCCCN=CN1. The molecule has 6 nitrogen and oxygen atoms in total. The summed E-state index contributed by atoms with van der Waals surface area (Å²) in [6, 6.07) is 7.75. The fraction of sp³-hybridized carbons (Fsp3) is 0.381. The first-order valence-corrected chi connectivity index (χ1v) is 10.1. The molecule has 0 aliphatic carbocycles. The highest BCUT2D eigenvalue weighted by Crippen LogP contribution is 2.24. The molecule has 3 rings (SSSR count). The van der Waals surface area contributed by atoms with Crippen LogP contribution in [0.2, 0.25) is 5.02 Å². The van der Waals surface area contributed by atoms with Gasteiger partial charge in [-0.05, 0) is 56.5 Å². The van der Waals surface area contributed by atoms with Crippen LogP contribution in [-0.4, -0.2) is 43.3 Å².